The molecule has 0 spiro atoms. The number of aliphatic imine (C=N–C) groups is 1. The van der Waals surface area contributed by atoms with E-state index in [0.717, 1.165) is 11.3 Å². The zero-order valence-corrected chi connectivity index (χ0v) is 11.4. The van der Waals surface area contributed by atoms with Crippen molar-refractivity contribution in [2.24, 2.45) is 10.9 Å². The van der Waals surface area contributed by atoms with Gasteiger partial charge < -0.3 is 5.32 Å². The Bertz CT molecular complexity index is 530. The minimum atomic E-state index is -0.190. The van der Waals surface area contributed by atoms with Crippen molar-refractivity contribution in [3.05, 3.63) is 35.6 Å². The number of halogens is 1. The van der Waals surface area contributed by atoms with Gasteiger partial charge in [-0.15, -0.1) is 11.6 Å². The molecule has 2 rings (SSSR count). The van der Waals surface area contributed by atoms with Gasteiger partial charge in [-0.05, 0) is 25.5 Å². The van der Waals surface area contributed by atoms with Crippen molar-refractivity contribution in [3.8, 4) is 0 Å². The summed E-state index contributed by atoms with van der Waals surface area (Å²) in [7, 11) is 0. The van der Waals surface area contributed by atoms with E-state index in [2.05, 4.69) is 10.3 Å². The smallest absolute Gasteiger partial charge is 0.248 e. The molecule has 2 amide bonds. The molecule has 2 aliphatic rings. The summed E-state index contributed by atoms with van der Waals surface area (Å²) in [6.45, 7) is 1.91. The van der Waals surface area contributed by atoms with Crippen LogP contribution in [0.25, 0.3) is 0 Å². The Kier molecular flexibility index (Phi) is 4.32. The first kappa shape index (κ1) is 13.7. The molecule has 0 aromatic heterocycles. The molecule has 5 heteroatoms. The number of nitrogens with one attached hydrogen (secondary N) is 1. The van der Waals surface area contributed by atoms with E-state index >= 15 is 0 Å². The average Bonchev–Trinajstić information content (AvgIpc) is 2.35. The van der Waals surface area contributed by atoms with Crippen LogP contribution in [0, 0.1) is 5.92 Å². The Morgan fingerprint density at radius 2 is 2.26 bits per heavy atom. The molecule has 0 bridgehead atoms. The van der Waals surface area contributed by atoms with E-state index in [0.29, 0.717) is 24.4 Å². The molecule has 1 aliphatic heterocycles. The van der Waals surface area contributed by atoms with Crippen molar-refractivity contribution in [2.45, 2.75) is 19.8 Å². The van der Waals surface area contributed by atoms with E-state index in [4.69, 9.17) is 11.6 Å². The van der Waals surface area contributed by atoms with Gasteiger partial charge in [0.05, 0.1) is 5.71 Å². The van der Waals surface area contributed by atoms with Crippen molar-refractivity contribution >= 4 is 29.1 Å². The molecule has 0 aromatic carbocycles. The Labute approximate surface area is 116 Å². The molecule has 1 atom stereocenters. The van der Waals surface area contributed by atoms with E-state index in [-0.39, 0.29) is 17.7 Å². The lowest BCUT2D eigenvalue weighted by Crippen LogP contribution is -2.32. The summed E-state index contributed by atoms with van der Waals surface area (Å²) in [4.78, 5) is 27.0. The number of alkyl halides is 1. The predicted molar refractivity (Wildman–Crippen MR) is 75.0 cm³/mol. The van der Waals surface area contributed by atoms with Crippen molar-refractivity contribution in [1.82, 2.24) is 5.32 Å². The quantitative estimate of drug-likeness (QED) is 0.804. The van der Waals surface area contributed by atoms with Crippen LogP contribution in [0.4, 0.5) is 0 Å². The highest BCUT2D eigenvalue weighted by atomic mass is 35.5. The third kappa shape index (κ3) is 3.41. The van der Waals surface area contributed by atoms with Gasteiger partial charge in [-0.3, -0.25) is 9.59 Å². The first-order valence-corrected chi connectivity index (χ1v) is 6.70. The molecule has 0 saturated heterocycles. The zero-order valence-electron chi connectivity index (χ0n) is 10.6. The minimum Gasteiger partial charge on any atom is -0.325 e. The zero-order chi connectivity index (χ0) is 13.8. The second kappa shape index (κ2) is 5.97. The standard InChI is InChI=1S/C14H15ClN2O2/c1-9-7-14(19)17-12-8-10(4-5-11(9)12)16-13(18)3-2-6-15/h4-5,7-8,11H,2-3,6H2,1H3,(H,17,19). The lowest BCUT2D eigenvalue weighted by atomic mass is 9.89. The minimum absolute atomic E-state index is 0.0783. The highest BCUT2D eigenvalue weighted by Crippen LogP contribution is 2.26. The maximum atomic E-state index is 11.6. The molecule has 0 aromatic rings. The molecule has 1 aliphatic carbocycles. The number of hydrogen-bond donors (Lipinski definition) is 1. The molecule has 19 heavy (non-hydrogen) atoms. The van der Waals surface area contributed by atoms with Crippen LogP contribution in [0.3, 0.4) is 0 Å². The Hall–Kier alpha value is -1.68. The maximum absolute atomic E-state index is 11.6. The van der Waals surface area contributed by atoms with Gasteiger partial charge in [0.15, 0.2) is 0 Å². The lowest BCUT2D eigenvalue weighted by molar-refractivity contribution is -0.118. The van der Waals surface area contributed by atoms with Gasteiger partial charge in [-0.2, -0.15) is 0 Å². The van der Waals surface area contributed by atoms with Gasteiger partial charge in [0.25, 0.3) is 0 Å². The van der Waals surface area contributed by atoms with Crippen LogP contribution in [0.2, 0.25) is 0 Å². The van der Waals surface area contributed by atoms with Crippen molar-refractivity contribution in [1.29, 1.82) is 0 Å². The Balaban J connectivity index is 2.14. The van der Waals surface area contributed by atoms with Crippen LogP contribution in [-0.4, -0.2) is 23.4 Å². The van der Waals surface area contributed by atoms with E-state index in [1.165, 1.54) is 0 Å². The largest absolute Gasteiger partial charge is 0.325 e. The second-order valence-corrected chi connectivity index (χ2v) is 4.91. The SMILES string of the molecule is CC1=CC(=O)NC2=CC(=NC(=O)CCCCl)C=CC12. The number of carbonyl (C=O) groups is 2. The van der Waals surface area contributed by atoms with Crippen LogP contribution in [0.15, 0.2) is 40.6 Å². The van der Waals surface area contributed by atoms with Crippen LogP contribution >= 0.6 is 11.6 Å². The van der Waals surface area contributed by atoms with Crippen LogP contribution in [0.5, 0.6) is 0 Å². The topological polar surface area (TPSA) is 58.5 Å². The number of fused-ring (bicyclic) bond motifs is 1. The highest BCUT2D eigenvalue weighted by molar-refractivity contribution is 6.18. The molecule has 0 radical (unpaired) electrons. The van der Waals surface area contributed by atoms with Crippen LogP contribution < -0.4 is 5.32 Å². The molecular formula is C14H15ClN2O2. The van der Waals surface area contributed by atoms with Crippen molar-refractivity contribution in [3.63, 3.8) is 0 Å². The number of carbonyl (C=O) groups excluding carboxylic acids is 2. The number of hydrogen-bond acceptors (Lipinski definition) is 2. The molecule has 1 unspecified atom stereocenters. The van der Waals surface area contributed by atoms with Gasteiger partial charge in [-0.25, -0.2) is 4.99 Å². The summed E-state index contributed by atoms with van der Waals surface area (Å²) in [6, 6.07) is 0. The molecule has 1 N–H and O–H groups in total. The van der Waals surface area contributed by atoms with Gasteiger partial charge in [-0.1, -0.05) is 11.6 Å². The monoisotopic (exact) mass is 278 g/mol. The van der Waals surface area contributed by atoms with Gasteiger partial charge >= 0.3 is 0 Å². The predicted octanol–water partition coefficient (Wildman–Crippen LogP) is 2.12. The Morgan fingerprint density at radius 3 is 3.00 bits per heavy atom. The van der Waals surface area contributed by atoms with E-state index in [1.54, 1.807) is 12.2 Å². The molecule has 0 fully saturated rings. The van der Waals surface area contributed by atoms with E-state index in [9.17, 15) is 9.59 Å². The summed E-state index contributed by atoms with van der Waals surface area (Å²) in [5.41, 5.74) is 2.33. The molecule has 1 heterocycles. The first-order chi connectivity index (χ1) is 9.10. The lowest BCUT2D eigenvalue weighted by Gasteiger charge is -2.25. The number of amides is 2. The number of rotatable bonds is 3. The maximum Gasteiger partial charge on any atom is 0.248 e. The molecular weight excluding hydrogens is 264 g/mol. The normalized spacial score (nSPS) is 23.6. The van der Waals surface area contributed by atoms with Gasteiger partial charge in [0.1, 0.15) is 0 Å². The van der Waals surface area contributed by atoms with Crippen molar-refractivity contribution in [2.75, 3.05) is 5.88 Å². The fraction of sp³-hybridized carbons (Fsp3) is 0.357. The highest BCUT2D eigenvalue weighted by Gasteiger charge is 2.23. The van der Waals surface area contributed by atoms with E-state index in [1.807, 2.05) is 19.1 Å². The van der Waals surface area contributed by atoms with Gasteiger partial charge in [0, 0.05) is 30.0 Å². The summed E-state index contributed by atoms with van der Waals surface area (Å²) < 4.78 is 0. The summed E-state index contributed by atoms with van der Waals surface area (Å²) in [6.07, 6.45) is 8.05. The number of nitrogens with zero attached hydrogens (tertiary/aromatic N) is 1. The van der Waals surface area contributed by atoms with Gasteiger partial charge in [0.2, 0.25) is 11.8 Å². The third-order valence-corrected chi connectivity index (χ3v) is 3.26. The molecule has 100 valence electrons. The van der Waals surface area contributed by atoms with E-state index < -0.39 is 0 Å². The van der Waals surface area contributed by atoms with Crippen LogP contribution in [-0.2, 0) is 9.59 Å². The molecule has 4 nitrogen and oxygen atoms in total. The molecule has 0 saturated carbocycles. The third-order valence-electron chi connectivity index (χ3n) is 2.99. The summed E-state index contributed by atoms with van der Waals surface area (Å²) in [5, 5.41) is 2.78. The summed E-state index contributed by atoms with van der Waals surface area (Å²) >= 11 is 5.53. The second-order valence-electron chi connectivity index (χ2n) is 4.54. The first-order valence-electron chi connectivity index (χ1n) is 6.16. The fourth-order valence-corrected chi connectivity index (χ4v) is 2.20. The Morgan fingerprint density at radius 1 is 1.47 bits per heavy atom. The summed E-state index contributed by atoms with van der Waals surface area (Å²) in [5.74, 6) is 0.207. The fourth-order valence-electron chi connectivity index (χ4n) is 2.07. The average molecular weight is 279 g/mol. The van der Waals surface area contributed by atoms with Crippen molar-refractivity contribution < 1.29 is 9.59 Å². The number of allylic oxidation sites excluding steroid dienone is 3. The van der Waals surface area contributed by atoms with Crippen LogP contribution in [0.1, 0.15) is 19.8 Å².